The lowest BCUT2D eigenvalue weighted by Gasteiger charge is -2.47. The van der Waals surface area contributed by atoms with Gasteiger partial charge in [-0.3, -0.25) is 4.79 Å². The molecule has 1 aromatic rings. The fourth-order valence-corrected chi connectivity index (χ4v) is 2.86. The van der Waals surface area contributed by atoms with Crippen molar-refractivity contribution in [3.63, 3.8) is 0 Å². The van der Waals surface area contributed by atoms with Gasteiger partial charge in [0.15, 0.2) is 0 Å². The summed E-state index contributed by atoms with van der Waals surface area (Å²) in [7, 11) is 0. The van der Waals surface area contributed by atoms with Gasteiger partial charge >= 0.3 is 0 Å². The molecule has 1 heterocycles. The maximum absolute atomic E-state index is 12.2. The summed E-state index contributed by atoms with van der Waals surface area (Å²) in [5, 5.41) is 10.2. The summed E-state index contributed by atoms with van der Waals surface area (Å²) in [4.78, 5) is 13.9. The monoisotopic (exact) mass is 310 g/mol. The van der Waals surface area contributed by atoms with Crippen molar-refractivity contribution in [2.24, 2.45) is 5.92 Å². The van der Waals surface area contributed by atoms with Gasteiger partial charge in [0.25, 0.3) is 5.91 Å². The number of nitrogen functional groups attached to an aromatic ring is 1. The van der Waals surface area contributed by atoms with Crippen molar-refractivity contribution in [2.75, 3.05) is 18.8 Å². The zero-order valence-corrected chi connectivity index (χ0v) is 11.5. The Morgan fingerprint density at radius 2 is 2.11 bits per heavy atom. The molecule has 3 N–H and O–H groups in total. The van der Waals surface area contributed by atoms with E-state index in [9.17, 15) is 9.90 Å². The van der Waals surface area contributed by atoms with E-state index in [0.29, 0.717) is 30.3 Å². The first-order chi connectivity index (χ1) is 8.49. The fourth-order valence-electron chi connectivity index (χ4n) is 2.48. The van der Waals surface area contributed by atoms with E-state index in [0.717, 1.165) is 17.3 Å². The summed E-state index contributed by atoms with van der Waals surface area (Å²) >= 11 is 3.31. The molecule has 1 aliphatic carbocycles. The maximum atomic E-state index is 12.2. The summed E-state index contributed by atoms with van der Waals surface area (Å²) in [6, 6.07) is 5.16. The van der Waals surface area contributed by atoms with Gasteiger partial charge in [-0.1, -0.05) is 0 Å². The van der Waals surface area contributed by atoms with Crippen LogP contribution in [-0.2, 0) is 0 Å². The third-order valence-corrected chi connectivity index (χ3v) is 4.49. The normalized spacial score (nSPS) is 21.6. The van der Waals surface area contributed by atoms with E-state index in [2.05, 4.69) is 15.9 Å². The summed E-state index contributed by atoms with van der Waals surface area (Å²) in [5.41, 5.74) is 6.29. The van der Waals surface area contributed by atoms with E-state index in [1.165, 1.54) is 0 Å². The van der Waals surface area contributed by atoms with Crippen LogP contribution in [0.25, 0.3) is 0 Å². The molecule has 1 amide bonds. The van der Waals surface area contributed by atoms with Crippen molar-refractivity contribution in [3.05, 3.63) is 28.2 Å². The minimum Gasteiger partial charge on any atom is -0.398 e. The minimum atomic E-state index is -0.624. The molecule has 18 heavy (non-hydrogen) atoms. The number of aliphatic hydroxyl groups is 1. The highest BCUT2D eigenvalue weighted by Gasteiger charge is 2.53. The van der Waals surface area contributed by atoms with Gasteiger partial charge in [0.05, 0.1) is 13.1 Å². The first-order valence-electron chi connectivity index (χ1n) is 6.06. The molecule has 0 unspecified atom stereocenters. The predicted molar refractivity (Wildman–Crippen MR) is 72.1 cm³/mol. The number of hydrogen-bond acceptors (Lipinski definition) is 3. The number of carbonyl (C=O) groups excluding carboxylic acids is 1. The molecular weight excluding hydrogens is 296 g/mol. The van der Waals surface area contributed by atoms with Gasteiger partial charge < -0.3 is 15.7 Å². The van der Waals surface area contributed by atoms with Gasteiger partial charge in [-0.15, -0.1) is 0 Å². The molecule has 3 rings (SSSR count). The molecule has 0 bridgehead atoms. The predicted octanol–water partition coefficient (Wildman–Crippen LogP) is 1.63. The van der Waals surface area contributed by atoms with Crippen molar-refractivity contribution < 1.29 is 9.90 Å². The van der Waals surface area contributed by atoms with E-state index >= 15 is 0 Å². The highest BCUT2D eigenvalue weighted by Crippen LogP contribution is 2.44. The number of hydrogen-bond donors (Lipinski definition) is 2. The number of amides is 1. The molecule has 0 atom stereocenters. The Morgan fingerprint density at radius 3 is 2.67 bits per heavy atom. The van der Waals surface area contributed by atoms with Crippen LogP contribution in [0.2, 0.25) is 0 Å². The number of anilines is 1. The van der Waals surface area contributed by atoms with Crippen molar-refractivity contribution in [3.8, 4) is 0 Å². The van der Waals surface area contributed by atoms with E-state index in [4.69, 9.17) is 5.73 Å². The number of rotatable bonds is 2. The Labute approximate surface area is 114 Å². The molecule has 4 nitrogen and oxygen atoms in total. The Morgan fingerprint density at radius 1 is 1.44 bits per heavy atom. The number of carbonyl (C=O) groups is 1. The lowest BCUT2D eigenvalue weighted by atomic mass is 9.88. The van der Waals surface area contributed by atoms with Crippen molar-refractivity contribution in [1.29, 1.82) is 0 Å². The van der Waals surface area contributed by atoms with E-state index in [-0.39, 0.29) is 5.91 Å². The Kier molecular flexibility index (Phi) is 2.64. The highest BCUT2D eigenvalue weighted by molar-refractivity contribution is 9.10. The number of halogens is 1. The molecule has 0 aromatic heterocycles. The average molecular weight is 311 g/mol. The standard InChI is InChI=1S/C13H15BrN2O2/c14-10-5-8(1-4-11(10)15)12(17)16-6-13(18,7-16)9-2-3-9/h1,4-5,9,18H,2-3,6-7,15H2. The van der Waals surface area contributed by atoms with Crippen LogP contribution in [0.4, 0.5) is 5.69 Å². The largest absolute Gasteiger partial charge is 0.398 e. The van der Waals surface area contributed by atoms with Crippen molar-refractivity contribution in [1.82, 2.24) is 4.90 Å². The summed E-state index contributed by atoms with van der Waals surface area (Å²) < 4.78 is 0.728. The third kappa shape index (κ3) is 1.91. The molecule has 96 valence electrons. The second kappa shape index (κ2) is 3.96. The SMILES string of the molecule is Nc1ccc(C(=O)N2CC(O)(C3CC3)C2)cc1Br. The zero-order chi connectivity index (χ0) is 12.9. The lowest BCUT2D eigenvalue weighted by Crippen LogP contribution is -2.64. The molecule has 2 fully saturated rings. The molecule has 2 aliphatic rings. The Balaban J connectivity index is 1.70. The molecule has 5 heteroatoms. The van der Waals surface area contributed by atoms with Gasteiger partial charge in [-0.05, 0) is 52.9 Å². The molecule has 1 saturated carbocycles. The molecule has 0 radical (unpaired) electrons. The van der Waals surface area contributed by atoms with Gasteiger partial charge in [-0.2, -0.15) is 0 Å². The average Bonchev–Trinajstić information content (AvgIpc) is 3.12. The second-order valence-electron chi connectivity index (χ2n) is 5.28. The van der Waals surface area contributed by atoms with E-state index < -0.39 is 5.60 Å². The summed E-state index contributed by atoms with van der Waals surface area (Å²) in [6.07, 6.45) is 2.18. The number of nitrogens with two attached hydrogens (primary N) is 1. The summed E-state index contributed by atoms with van der Waals surface area (Å²) in [5.74, 6) is 0.362. The zero-order valence-electron chi connectivity index (χ0n) is 9.90. The number of nitrogens with zero attached hydrogens (tertiary/aromatic N) is 1. The van der Waals surface area contributed by atoms with Crippen LogP contribution in [0.5, 0.6) is 0 Å². The number of benzene rings is 1. The van der Waals surface area contributed by atoms with Crippen LogP contribution >= 0.6 is 15.9 Å². The molecule has 0 spiro atoms. The van der Waals surface area contributed by atoms with Gasteiger partial charge in [0.1, 0.15) is 5.60 Å². The molecule has 1 aromatic carbocycles. The first-order valence-corrected chi connectivity index (χ1v) is 6.85. The van der Waals surface area contributed by atoms with Crippen LogP contribution in [0, 0.1) is 5.92 Å². The quantitative estimate of drug-likeness (QED) is 0.816. The van der Waals surface area contributed by atoms with Crippen molar-refractivity contribution >= 4 is 27.5 Å². The fraction of sp³-hybridized carbons (Fsp3) is 0.462. The van der Waals surface area contributed by atoms with Crippen LogP contribution in [0.3, 0.4) is 0 Å². The highest BCUT2D eigenvalue weighted by atomic mass is 79.9. The minimum absolute atomic E-state index is 0.0407. The Bertz CT molecular complexity index is 508. The molecule has 1 aliphatic heterocycles. The van der Waals surface area contributed by atoms with Gasteiger partial charge in [0.2, 0.25) is 0 Å². The van der Waals surface area contributed by atoms with Gasteiger partial charge in [0, 0.05) is 15.7 Å². The van der Waals surface area contributed by atoms with E-state index in [1.807, 2.05) is 0 Å². The number of β-amino-alcohol motifs (C(OH)–C–C–N with tert-alkyl or cyclic N) is 1. The van der Waals surface area contributed by atoms with E-state index in [1.54, 1.807) is 23.1 Å². The third-order valence-electron chi connectivity index (χ3n) is 3.80. The summed E-state index contributed by atoms with van der Waals surface area (Å²) in [6.45, 7) is 0.914. The molecule has 1 saturated heterocycles. The first kappa shape index (κ1) is 12.0. The van der Waals surface area contributed by atoms with Crippen LogP contribution in [0.15, 0.2) is 22.7 Å². The lowest BCUT2D eigenvalue weighted by molar-refractivity contribution is -0.0958. The smallest absolute Gasteiger partial charge is 0.254 e. The molecular formula is C13H15BrN2O2. The van der Waals surface area contributed by atoms with Crippen LogP contribution in [-0.4, -0.2) is 34.6 Å². The number of likely N-dealkylation sites (tertiary alicyclic amines) is 1. The van der Waals surface area contributed by atoms with Crippen LogP contribution in [0.1, 0.15) is 23.2 Å². The Hall–Kier alpha value is -1.07. The van der Waals surface area contributed by atoms with Gasteiger partial charge in [-0.25, -0.2) is 0 Å². The van der Waals surface area contributed by atoms with Crippen molar-refractivity contribution in [2.45, 2.75) is 18.4 Å². The second-order valence-corrected chi connectivity index (χ2v) is 6.13. The topological polar surface area (TPSA) is 66.6 Å². The van der Waals surface area contributed by atoms with Crippen LogP contribution < -0.4 is 5.73 Å². The maximum Gasteiger partial charge on any atom is 0.254 e.